The SMILES string of the molecule is CCN(CC)C(=O)C1CCCN(c2nc(C(=O)NCCN(C(C)C)C(C)C)cs2)C1. The maximum absolute atomic E-state index is 12.7. The zero-order valence-electron chi connectivity index (χ0n) is 19.5. The van der Waals surface area contributed by atoms with E-state index in [1.807, 2.05) is 24.1 Å². The van der Waals surface area contributed by atoms with Crippen LogP contribution < -0.4 is 10.2 Å². The number of carbonyl (C=O) groups excluding carboxylic acids is 2. The molecule has 0 bridgehead atoms. The second-order valence-corrected chi connectivity index (χ2v) is 9.33. The van der Waals surface area contributed by atoms with Crippen molar-refractivity contribution in [2.75, 3.05) is 44.2 Å². The van der Waals surface area contributed by atoms with Crippen LogP contribution in [-0.4, -0.2) is 78.0 Å². The van der Waals surface area contributed by atoms with E-state index in [1.165, 1.54) is 11.3 Å². The van der Waals surface area contributed by atoms with Crippen molar-refractivity contribution in [2.24, 2.45) is 5.92 Å². The highest BCUT2D eigenvalue weighted by Gasteiger charge is 2.29. The lowest BCUT2D eigenvalue weighted by Gasteiger charge is -2.34. The lowest BCUT2D eigenvalue weighted by molar-refractivity contribution is -0.135. The van der Waals surface area contributed by atoms with Crippen molar-refractivity contribution in [2.45, 2.75) is 66.5 Å². The molecular weight excluding hydrogens is 398 g/mol. The van der Waals surface area contributed by atoms with Crippen LogP contribution in [-0.2, 0) is 4.79 Å². The van der Waals surface area contributed by atoms with Crippen molar-refractivity contribution < 1.29 is 9.59 Å². The molecule has 30 heavy (non-hydrogen) atoms. The highest BCUT2D eigenvalue weighted by molar-refractivity contribution is 7.13. The molecule has 1 aromatic heterocycles. The van der Waals surface area contributed by atoms with Gasteiger partial charge in [0.05, 0.1) is 5.92 Å². The van der Waals surface area contributed by atoms with E-state index in [0.29, 0.717) is 30.9 Å². The Balaban J connectivity index is 1.92. The van der Waals surface area contributed by atoms with Gasteiger partial charge >= 0.3 is 0 Å². The zero-order valence-corrected chi connectivity index (χ0v) is 20.3. The van der Waals surface area contributed by atoms with Gasteiger partial charge in [0.1, 0.15) is 5.69 Å². The van der Waals surface area contributed by atoms with Gasteiger partial charge in [0.2, 0.25) is 5.91 Å². The summed E-state index contributed by atoms with van der Waals surface area (Å²) in [5.74, 6) is 0.120. The number of aromatic nitrogens is 1. The highest BCUT2D eigenvalue weighted by Crippen LogP contribution is 2.27. The summed E-state index contributed by atoms with van der Waals surface area (Å²) < 4.78 is 0. The van der Waals surface area contributed by atoms with Crippen molar-refractivity contribution >= 4 is 28.3 Å². The van der Waals surface area contributed by atoms with E-state index >= 15 is 0 Å². The molecule has 1 atom stereocenters. The number of piperidine rings is 1. The number of thiazole rings is 1. The van der Waals surface area contributed by atoms with E-state index in [-0.39, 0.29) is 17.7 Å². The molecule has 2 amide bonds. The molecule has 2 heterocycles. The second-order valence-electron chi connectivity index (χ2n) is 8.49. The smallest absolute Gasteiger partial charge is 0.270 e. The van der Waals surface area contributed by atoms with Gasteiger partial charge < -0.3 is 15.1 Å². The average Bonchev–Trinajstić information content (AvgIpc) is 3.22. The molecule has 8 heteroatoms. The van der Waals surface area contributed by atoms with Crippen molar-refractivity contribution in [1.82, 2.24) is 20.1 Å². The first kappa shape index (κ1) is 24.6. The summed E-state index contributed by atoms with van der Waals surface area (Å²) in [6, 6.07) is 0.887. The maximum Gasteiger partial charge on any atom is 0.270 e. The third kappa shape index (κ3) is 6.41. The standard InChI is InChI=1S/C22H39N5O2S/c1-7-25(8-2)21(29)18-10-9-12-26(14-18)22-24-19(15-30-22)20(28)23-11-13-27(16(3)4)17(5)6/h15-18H,7-14H2,1-6H3,(H,23,28). The molecule has 1 N–H and O–H groups in total. The molecule has 1 aliphatic heterocycles. The van der Waals surface area contributed by atoms with Crippen LogP contribution in [0.3, 0.4) is 0 Å². The maximum atomic E-state index is 12.7. The van der Waals surface area contributed by atoms with Gasteiger partial charge in [-0.3, -0.25) is 14.5 Å². The van der Waals surface area contributed by atoms with Crippen molar-refractivity contribution in [3.63, 3.8) is 0 Å². The predicted octanol–water partition coefficient (Wildman–Crippen LogP) is 3.08. The first-order valence-corrected chi connectivity index (χ1v) is 12.2. The molecule has 1 fully saturated rings. The van der Waals surface area contributed by atoms with Gasteiger partial charge in [-0.05, 0) is 54.4 Å². The molecule has 0 aromatic carbocycles. The molecule has 0 aliphatic carbocycles. The predicted molar refractivity (Wildman–Crippen MR) is 124 cm³/mol. The summed E-state index contributed by atoms with van der Waals surface area (Å²) in [5.41, 5.74) is 0.466. The molecule has 1 unspecified atom stereocenters. The number of carbonyl (C=O) groups is 2. The Hall–Kier alpha value is -1.67. The van der Waals surface area contributed by atoms with Crippen LogP contribution in [0.1, 0.15) is 64.9 Å². The van der Waals surface area contributed by atoms with Gasteiger partial charge in [0.25, 0.3) is 5.91 Å². The van der Waals surface area contributed by atoms with Crippen molar-refractivity contribution in [3.8, 4) is 0 Å². The monoisotopic (exact) mass is 437 g/mol. The molecule has 1 aromatic rings. The van der Waals surface area contributed by atoms with Crippen LogP contribution in [0.2, 0.25) is 0 Å². The summed E-state index contributed by atoms with van der Waals surface area (Å²) in [7, 11) is 0. The van der Waals surface area contributed by atoms with Crippen LogP contribution in [0, 0.1) is 5.92 Å². The minimum absolute atomic E-state index is 0.0119. The number of hydrogen-bond acceptors (Lipinski definition) is 6. The van der Waals surface area contributed by atoms with E-state index in [2.05, 4.69) is 47.8 Å². The Morgan fingerprint density at radius 1 is 1.23 bits per heavy atom. The Labute approximate surface area is 185 Å². The topological polar surface area (TPSA) is 68.8 Å². The van der Waals surface area contributed by atoms with E-state index in [1.54, 1.807) is 0 Å². The summed E-state index contributed by atoms with van der Waals surface area (Å²) in [6.07, 6.45) is 1.89. The third-order valence-corrected chi connectivity index (χ3v) is 6.72. The molecular formula is C22H39N5O2S. The normalized spacial score (nSPS) is 17.1. The van der Waals surface area contributed by atoms with E-state index in [0.717, 1.165) is 44.2 Å². The van der Waals surface area contributed by atoms with Crippen LogP contribution in [0.25, 0.3) is 0 Å². The molecule has 0 saturated carbocycles. The van der Waals surface area contributed by atoms with E-state index < -0.39 is 0 Å². The Morgan fingerprint density at radius 2 is 1.90 bits per heavy atom. The number of amides is 2. The van der Waals surface area contributed by atoms with Crippen LogP contribution in [0.4, 0.5) is 5.13 Å². The zero-order chi connectivity index (χ0) is 22.3. The lowest BCUT2D eigenvalue weighted by atomic mass is 9.97. The van der Waals surface area contributed by atoms with E-state index in [9.17, 15) is 9.59 Å². The number of anilines is 1. The molecule has 2 rings (SSSR count). The minimum atomic E-state index is -0.127. The lowest BCUT2D eigenvalue weighted by Crippen LogP contribution is -2.45. The van der Waals surface area contributed by atoms with E-state index in [4.69, 9.17) is 0 Å². The van der Waals surface area contributed by atoms with Crippen molar-refractivity contribution in [1.29, 1.82) is 0 Å². The van der Waals surface area contributed by atoms with Gasteiger partial charge in [-0.15, -0.1) is 11.3 Å². The fourth-order valence-electron chi connectivity index (χ4n) is 4.16. The van der Waals surface area contributed by atoms with Crippen LogP contribution in [0.5, 0.6) is 0 Å². The summed E-state index contributed by atoms with van der Waals surface area (Å²) in [5, 5.41) is 5.66. The number of nitrogens with one attached hydrogen (secondary N) is 1. The first-order chi connectivity index (χ1) is 14.3. The van der Waals surface area contributed by atoms with Gasteiger partial charge in [-0.2, -0.15) is 0 Å². The minimum Gasteiger partial charge on any atom is -0.349 e. The molecule has 170 valence electrons. The average molecular weight is 438 g/mol. The van der Waals surface area contributed by atoms with Gasteiger partial charge in [0.15, 0.2) is 5.13 Å². The summed E-state index contributed by atoms with van der Waals surface area (Å²) in [6.45, 7) is 17.2. The van der Waals surface area contributed by atoms with Gasteiger partial charge in [0, 0.05) is 56.7 Å². The largest absolute Gasteiger partial charge is 0.349 e. The second kappa shape index (κ2) is 11.6. The highest BCUT2D eigenvalue weighted by atomic mass is 32.1. The summed E-state index contributed by atoms with van der Waals surface area (Å²) in [4.78, 5) is 36.3. The Kier molecular flexibility index (Phi) is 9.55. The Bertz CT molecular complexity index is 679. The number of nitrogens with zero attached hydrogens (tertiary/aromatic N) is 4. The first-order valence-electron chi connectivity index (χ1n) is 11.3. The third-order valence-electron chi connectivity index (χ3n) is 5.82. The molecule has 7 nitrogen and oxygen atoms in total. The summed E-state index contributed by atoms with van der Waals surface area (Å²) >= 11 is 1.49. The molecule has 0 radical (unpaired) electrons. The molecule has 0 spiro atoms. The quantitative estimate of drug-likeness (QED) is 0.609. The fourth-order valence-corrected chi connectivity index (χ4v) is 5.00. The number of rotatable bonds is 10. The molecule has 1 saturated heterocycles. The van der Waals surface area contributed by atoms with Gasteiger partial charge in [-0.25, -0.2) is 4.98 Å². The van der Waals surface area contributed by atoms with Crippen LogP contribution >= 0.6 is 11.3 Å². The molecule has 1 aliphatic rings. The van der Waals surface area contributed by atoms with Gasteiger partial charge in [-0.1, -0.05) is 0 Å². The van der Waals surface area contributed by atoms with Crippen molar-refractivity contribution in [3.05, 3.63) is 11.1 Å². The van der Waals surface area contributed by atoms with Crippen LogP contribution in [0.15, 0.2) is 5.38 Å². The fraction of sp³-hybridized carbons (Fsp3) is 0.773. The Morgan fingerprint density at radius 3 is 2.50 bits per heavy atom. The number of hydrogen-bond donors (Lipinski definition) is 1.